The van der Waals surface area contributed by atoms with Crippen molar-refractivity contribution in [3.8, 4) is 5.75 Å². The van der Waals surface area contributed by atoms with Crippen molar-refractivity contribution >= 4 is 43.5 Å². The maximum absolute atomic E-state index is 12.2. The molecule has 0 aromatic heterocycles. The van der Waals surface area contributed by atoms with Crippen molar-refractivity contribution in [2.45, 2.75) is 4.90 Å². The van der Waals surface area contributed by atoms with Crippen LogP contribution in [0.15, 0.2) is 51.8 Å². The van der Waals surface area contributed by atoms with Crippen molar-refractivity contribution in [1.29, 1.82) is 0 Å². The molecule has 2 rings (SSSR count). The molecule has 1 amide bonds. The first-order chi connectivity index (χ1) is 10.3. The van der Waals surface area contributed by atoms with Gasteiger partial charge in [-0.3, -0.25) is 4.79 Å². The Kier molecular flexibility index (Phi) is 5.10. The molecule has 2 aromatic carbocycles. The van der Waals surface area contributed by atoms with E-state index in [-0.39, 0.29) is 16.2 Å². The number of nitrogens with one attached hydrogen (secondary N) is 1. The number of rotatable bonds is 4. The van der Waals surface area contributed by atoms with Crippen molar-refractivity contribution in [3.63, 3.8) is 0 Å². The molecule has 0 radical (unpaired) electrons. The average Bonchev–Trinajstić information content (AvgIpc) is 2.47. The van der Waals surface area contributed by atoms with Gasteiger partial charge in [0.15, 0.2) is 0 Å². The summed E-state index contributed by atoms with van der Waals surface area (Å²) in [6.45, 7) is 0. The van der Waals surface area contributed by atoms with E-state index < -0.39 is 15.9 Å². The van der Waals surface area contributed by atoms with Crippen LogP contribution in [0.25, 0.3) is 0 Å². The predicted octanol–water partition coefficient (Wildman–Crippen LogP) is 3.23. The van der Waals surface area contributed by atoms with Crippen LogP contribution in [0.4, 0.5) is 0 Å². The molecule has 1 N–H and O–H groups in total. The van der Waals surface area contributed by atoms with Gasteiger partial charge in [-0.15, -0.1) is 0 Å². The van der Waals surface area contributed by atoms with E-state index in [0.29, 0.717) is 5.02 Å². The molecule has 22 heavy (non-hydrogen) atoms. The number of methoxy groups -OCH3 is 1. The van der Waals surface area contributed by atoms with E-state index in [9.17, 15) is 13.2 Å². The van der Waals surface area contributed by atoms with Crippen LogP contribution in [0.1, 0.15) is 10.4 Å². The second kappa shape index (κ2) is 6.68. The van der Waals surface area contributed by atoms with Crippen molar-refractivity contribution in [2.24, 2.45) is 0 Å². The van der Waals surface area contributed by atoms with Crippen molar-refractivity contribution in [1.82, 2.24) is 4.72 Å². The number of hydrogen-bond donors (Lipinski definition) is 1. The van der Waals surface area contributed by atoms with Gasteiger partial charge in [0, 0.05) is 9.50 Å². The fourth-order valence-electron chi connectivity index (χ4n) is 1.71. The fourth-order valence-corrected chi connectivity index (χ4v) is 3.11. The second-order valence-corrected chi connectivity index (χ2v) is 7.27. The van der Waals surface area contributed by atoms with E-state index >= 15 is 0 Å². The van der Waals surface area contributed by atoms with Crippen LogP contribution in [0.3, 0.4) is 0 Å². The van der Waals surface area contributed by atoms with Gasteiger partial charge < -0.3 is 4.74 Å². The zero-order valence-electron chi connectivity index (χ0n) is 11.3. The Hall–Kier alpha value is -1.57. The fraction of sp³-hybridized carbons (Fsp3) is 0.0714. The Morgan fingerprint density at radius 2 is 1.82 bits per heavy atom. The minimum absolute atomic E-state index is 0.0231. The Morgan fingerprint density at radius 1 is 1.18 bits per heavy atom. The summed E-state index contributed by atoms with van der Waals surface area (Å²) in [4.78, 5) is 12.2. The summed E-state index contributed by atoms with van der Waals surface area (Å²) in [5.74, 6) is -0.588. The molecule has 5 nitrogen and oxygen atoms in total. The maximum atomic E-state index is 12.2. The summed E-state index contributed by atoms with van der Waals surface area (Å²) >= 11 is 9.05. The molecule has 8 heteroatoms. The third kappa shape index (κ3) is 3.79. The zero-order chi connectivity index (χ0) is 16.3. The third-order valence-corrected chi connectivity index (χ3v) is 4.87. The van der Waals surface area contributed by atoms with Crippen LogP contribution in [0.2, 0.25) is 5.02 Å². The molecule has 0 saturated heterocycles. The van der Waals surface area contributed by atoms with Gasteiger partial charge in [0.25, 0.3) is 15.9 Å². The van der Waals surface area contributed by atoms with Gasteiger partial charge in [0.2, 0.25) is 0 Å². The minimum atomic E-state index is -3.98. The number of sulfonamides is 1. The lowest BCUT2D eigenvalue weighted by Crippen LogP contribution is -2.30. The van der Waals surface area contributed by atoms with E-state index in [1.807, 2.05) is 4.72 Å². The molecular formula is C14H11BrClNO4S. The standard InChI is InChI=1S/C14H11BrClNO4S/c1-21-13-7-4-10(16)8-12(13)14(18)17-22(19,20)11-5-2-9(15)3-6-11/h2-8H,1H3,(H,17,18). The quantitative estimate of drug-likeness (QED) is 0.849. The normalized spacial score (nSPS) is 11.0. The molecule has 2 aromatic rings. The maximum Gasteiger partial charge on any atom is 0.268 e. The molecule has 0 fully saturated rings. The van der Waals surface area contributed by atoms with E-state index in [2.05, 4.69) is 15.9 Å². The summed E-state index contributed by atoms with van der Waals surface area (Å²) in [5, 5.41) is 0.298. The van der Waals surface area contributed by atoms with Gasteiger partial charge >= 0.3 is 0 Å². The number of benzene rings is 2. The minimum Gasteiger partial charge on any atom is -0.496 e. The first-order valence-electron chi connectivity index (χ1n) is 6.00. The Balaban J connectivity index is 2.32. The first kappa shape index (κ1) is 16.8. The molecule has 0 aliphatic rings. The lowest BCUT2D eigenvalue weighted by atomic mass is 10.2. The van der Waals surface area contributed by atoms with Crippen LogP contribution in [-0.4, -0.2) is 21.4 Å². The Bertz CT molecular complexity index is 806. The van der Waals surface area contributed by atoms with E-state index in [1.54, 1.807) is 18.2 Å². The molecule has 116 valence electrons. The van der Waals surface area contributed by atoms with Crippen molar-refractivity contribution in [3.05, 3.63) is 57.5 Å². The van der Waals surface area contributed by atoms with Crippen molar-refractivity contribution < 1.29 is 17.9 Å². The molecule has 0 spiro atoms. The third-order valence-electron chi connectivity index (χ3n) is 2.76. The highest BCUT2D eigenvalue weighted by atomic mass is 79.9. The van der Waals surface area contributed by atoms with E-state index in [1.165, 1.54) is 31.4 Å². The average molecular weight is 405 g/mol. The lowest BCUT2D eigenvalue weighted by molar-refractivity contribution is 0.0978. The summed E-state index contributed by atoms with van der Waals surface area (Å²) < 4.78 is 32.1. The number of carbonyl (C=O) groups excluding carboxylic acids is 1. The smallest absolute Gasteiger partial charge is 0.268 e. The SMILES string of the molecule is COc1ccc(Cl)cc1C(=O)NS(=O)(=O)c1ccc(Br)cc1. The molecule has 0 aliphatic heterocycles. The molecule has 0 atom stereocenters. The summed E-state index contributed by atoms with van der Waals surface area (Å²) in [6, 6.07) is 10.3. The molecule has 0 aliphatic carbocycles. The lowest BCUT2D eigenvalue weighted by Gasteiger charge is -2.10. The number of ether oxygens (including phenoxy) is 1. The van der Waals surface area contributed by atoms with Gasteiger partial charge in [-0.05, 0) is 42.5 Å². The second-order valence-electron chi connectivity index (χ2n) is 4.23. The van der Waals surface area contributed by atoms with E-state index in [0.717, 1.165) is 4.47 Å². The van der Waals surface area contributed by atoms with Crippen molar-refractivity contribution in [2.75, 3.05) is 7.11 Å². The van der Waals surface area contributed by atoms with Crippen LogP contribution < -0.4 is 9.46 Å². The van der Waals surface area contributed by atoms with Crippen LogP contribution in [0, 0.1) is 0 Å². The van der Waals surface area contributed by atoms with E-state index in [4.69, 9.17) is 16.3 Å². The highest BCUT2D eigenvalue weighted by Gasteiger charge is 2.21. The van der Waals surface area contributed by atoms with Gasteiger partial charge in [-0.1, -0.05) is 27.5 Å². The first-order valence-corrected chi connectivity index (χ1v) is 8.65. The van der Waals surface area contributed by atoms with Gasteiger partial charge in [-0.2, -0.15) is 0 Å². The highest BCUT2D eigenvalue weighted by Crippen LogP contribution is 2.23. The Labute approximate surface area is 141 Å². The van der Waals surface area contributed by atoms with Crippen LogP contribution in [-0.2, 0) is 10.0 Å². The monoisotopic (exact) mass is 403 g/mol. The highest BCUT2D eigenvalue weighted by molar-refractivity contribution is 9.10. The topological polar surface area (TPSA) is 72.5 Å². The number of amides is 1. The van der Waals surface area contributed by atoms with Gasteiger partial charge in [0.1, 0.15) is 5.75 Å². The number of hydrogen-bond acceptors (Lipinski definition) is 4. The molecule has 0 saturated carbocycles. The summed E-state index contributed by atoms with van der Waals surface area (Å²) in [6.07, 6.45) is 0. The number of halogens is 2. The largest absolute Gasteiger partial charge is 0.496 e. The molecule has 0 bridgehead atoms. The molecule has 0 unspecified atom stereocenters. The summed E-state index contributed by atoms with van der Waals surface area (Å²) in [5.41, 5.74) is 0.0377. The molecule has 0 heterocycles. The number of carbonyl (C=O) groups is 1. The predicted molar refractivity (Wildman–Crippen MR) is 86.8 cm³/mol. The Morgan fingerprint density at radius 3 is 2.41 bits per heavy atom. The van der Waals surface area contributed by atoms with Crippen LogP contribution >= 0.6 is 27.5 Å². The van der Waals surface area contributed by atoms with Gasteiger partial charge in [0.05, 0.1) is 17.6 Å². The van der Waals surface area contributed by atoms with Gasteiger partial charge in [-0.25, -0.2) is 13.1 Å². The summed E-state index contributed by atoms with van der Waals surface area (Å²) in [7, 11) is -2.60. The molecular weight excluding hydrogens is 394 g/mol. The zero-order valence-corrected chi connectivity index (χ0v) is 14.5. The van der Waals surface area contributed by atoms with Crippen LogP contribution in [0.5, 0.6) is 5.75 Å².